The maximum Gasteiger partial charge on any atom is 0.179 e. The van der Waals surface area contributed by atoms with Gasteiger partial charge in [-0.2, -0.15) is 14.7 Å². The van der Waals surface area contributed by atoms with Crippen LogP contribution in [0, 0.1) is 6.92 Å². The fraction of sp³-hybridized carbons (Fsp3) is 0.261. The number of hydrogen-bond acceptors (Lipinski definition) is 8. The zero-order chi connectivity index (χ0) is 22.2. The number of hydrogen-bond donors (Lipinski definition) is 1. The summed E-state index contributed by atoms with van der Waals surface area (Å²) in [5.74, 6) is 2.16. The molecule has 0 spiro atoms. The van der Waals surface area contributed by atoms with Crippen molar-refractivity contribution in [3.8, 4) is 11.4 Å². The topological polar surface area (TPSA) is 109 Å². The van der Waals surface area contributed by atoms with Crippen molar-refractivity contribution in [2.75, 3.05) is 31.2 Å². The standard InChI is InChI=1S/C23H22N8O2/c1-15-10-20(29-33-15)19-11-22-26-21(12-23(31(22)28-19)30-6-8-32-9-7-30)27-25-14-16-13-24-18-5-3-2-4-17(16)18/h2-5,10-13,24H,6-9,14H2,1H3. The van der Waals surface area contributed by atoms with E-state index in [-0.39, 0.29) is 0 Å². The van der Waals surface area contributed by atoms with E-state index >= 15 is 0 Å². The molecule has 1 aliphatic rings. The van der Waals surface area contributed by atoms with E-state index < -0.39 is 0 Å². The lowest BCUT2D eigenvalue weighted by atomic mass is 10.2. The van der Waals surface area contributed by atoms with Gasteiger partial charge in [0.05, 0.1) is 19.8 Å². The molecule has 5 heterocycles. The Morgan fingerprint density at radius 1 is 1.09 bits per heavy atom. The lowest BCUT2D eigenvalue weighted by Gasteiger charge is -2.28. The summed E-state index contributed by atoms with van der Waals surface area (Å²) in [6.45, 7) is 5.19. The molecular weight excluding hydrogens is 420 g/mol. The lowest BCUT2D eigenvalue weighted by molar-refractivity contribution is 0.122. The van der Waals surface area contributed by atoms with Gasteiger partial charge in [0.1, 0.15) is 23.0 Å². The van der Waals surface area contributed by atoms with Gasteiger partial charge in [-0.15, -0.1) is 5.11 Å². The van der Waals surface area contributed by atoms with Crippen LogP contribution in [0.1, 0.15) is 11.3 Å². The summed E-state index contributed by atoms with van der Waals surface area (Å²) in [4.78, 5) is 10.2. The minimum Gasteiger partial charge on any atom is -0.378 e. The molecule has 0 radical (unpaired) electrons. The van der Waals surface area contributed by atoms with Crippen LogP contribution in [-0.2, 0) is 11.3 Å². The first-order valence-corrected chi connectivity index (χ1v) is 10.8. The van der Waals surface area contributed by atoms with Crippen molar-refractivity contribution >= 4 is 28.2 Å². The summed E-state index contributed by atoms with van der Waals surface area (Å²) in [6, 6.07) is 13.8. The third-order valence-corrected chi connectivity index (χ3v) is 5.71. The Labute approximate surface area is 188 Å². The van der Waals surface area contributed by atoms with Crippen LogP contribution < -0.4 is 4.90 Å². The van der Waals surface area contributed by atoms with E-state index in [9.17, 15) is 0 Å². The first-order chi connectivity index (χ1) is 16.2. The predicted octanol–water partition coefficient (Wildman–Crippen LogP) is 4.29. The van der Waals surface area contributed by atoms with E-state index in [2.05, 4.69) is 36.3 Å². The molecule has 0 aliphatic carbocycles. The molecule has 166 valence electrons. The fourth-order valence-electron chi connectivity index (χ4n) is 4.07. The van der Waals surface area contributed by atoms with Gasteiger partial charge in [-0.25, -0.2) is 4.98 Å². The average molecular weight is 442 g/mol. The molecule has 33 heavy (non-hydrogen) atoms. The van der Waals surface area contributed by atoms with Gasteiger partial charge in [-0.05, 0) is 13.0 Å². The van der Waals surface area contributed by atoms with Crippen molar-refractivity contribution in [3.05, 3.63) is 60.0 Å². The second-order valence-electron chi connectivity index (χ2n) is 7.95. The van der Waals surface area contributed by atoms with Gasteiger partial charge >= 0.3 is 0 Å². The Balaban J connectivity index is 1.36. The van der Waals surface area contributed by atoms with Crippen LogP contribution in [0.2, 0.25) is 0 Å². The number of nitrogens with zero attached hydrogens (tertiary/aromatic N) is 7. The second kappa shape index (κ2) is 8.14. The average Bonchev–Trinajstić information content (AvgIpc) is 3.57. The molecule has 10 heteroatoms. The highest BCUT2D eigenvalue weighted by Crippen LogP contribution is 2.27. The molecular formula is C23H22N8O2. The fourth-order valence-corrected chi connectivity index (χ4v) is 4.07. The lowest BCUT2D eigenvalue weighted by Crippen LogP contribution is -2.37. The molecule has 4 aromatic heterocycles. The van der Waals surface area contributed by atoms with Crippen molar-refractivity contribution in [2.24, 2.45) is 10.2 Å². The van der Waals surface area contributed by atoms with Crippen molar-refractivity contribution in [1.29, 1.82) is 0 Å². The summed E-state index contributed by atoms with van der Waals surface area (Å²) in [5, 5.41) is 18.9. The molecule has 0 atom stereocenters. The number of nitrogens with one attached hydrogen (secondary N) is 1. The molecule has 0 unspecified atom stereocenters. The van der Waals surface area contributed by atoms with Gasteiger partial charge in [0.25, 0.3) is 0 Å². The normalized spacial score (nSPS) is 14.8. The number of anilines is 1. The summed E-state index contributed by atoms with van der Waals surface area (Å²) in [6.07, 6.45) is 1.97. The highest BCUT2D eigenvalue weighted by molar-refractivity contribution is 5.83. The quantitative estimate of drug-likeness (QED) is 0.407. The number of benzene rings is 1. The third kappa shape index (κ3) is 3.74. The van der Waals surface area contributed by atoms with Crippen LogP contribution in [0.25, 0.3) is 27.9 Å². The second-order valence-corrected chi connectivity index (χ2v) is 7.95. The van der Waals surface area contributed by atoms with E-state index in [0.717, 1.165) is 41.1 Å². The number of aryl methyl sites for hydroxylation is 1. The maximum absolute atomic E-state index is 5.53. The Kier molecular flexibility index (Phi) is 4.84. The number of rotatable bonds is 5. The SMILES string of the molecule is Cc1cc(-c2cc3nc(N=NCc4c[nH]c5ccccc45)cc(N4CCOCC4)n3n2)no1. The molecule has 5 aromatic rings. The number of azo groups is 1. The van der Waals surface area contributed by atoms with Crippen LogP contribution in [-0.4, -0.2) is 51.0 Å². The molecule has 1 aromatic carbocycles. The highest BCUT2D eigenvalue weighted by Gasteiger charge is 2.19. The van der Waals surface area contributed by atoms with Gasteiger partial charge < -0.3 is 19.1 Å². The molecule has 6 rings (SSSR count). The molecule has 1 N–H and O–H groups in total. The van der Waals surface area contributed by atoms with Crippen LogP contribution in [0.3, 0.4) is 0 Å². The first-order valence-electron chi connectivity index (χ1n) is 10.8. The summed E-state index contributed by atoms with van der Waals surface area (Å²) in [5.41, 5.74) is 4.23. The van der Waals surface area contributed by atoms with Crippen LogP contribution in [0.15, 0.2) is 63.4 Å². The van der Waals surface area contributed by atoms with Crippen molar-refractivity contribution in [2.45, 2.75) is 13.5 Å². The Morgan fingerprint density at radius 2 is 1.97 bits per heavy atom. The van der Waals surface area contributed by atoms with E-state index in [1.165, 1.54) is 0 Å². The first kappa shape index (κ1) is 19.6. The predicted molar refractivity (Wildman–Crippen MR) is 123 cm³/mol. The number of fused-ring (bicyclic) bond motifs is 2. The largest absolute Gasteiger partial charge is 0.378 e. The highest BCUT2D eigenvalue weighted by atomic mass is 16.5. The van der Waals surface area contributed by atoms with Gasteiger partial charge in [-0.3, -0.25) is 0 Å². The number of aromatic amines is 1. The zero-order valence-electron chi connectivity index (χ0n) is 18.1. The third-order valence-electron chi connectivity index (χ3n) is 5.71. The van der Waals surface area contributed by atoms with Gasteiger partial charge in [0.15, 0.2) is 11.5 Å². The molecule has 0 saturated carbocycles. The van der Waals surface area contributed by atoms with Crippen molar-refractivity contribution in [3.63, 3.8) is 0 Å². The zero-order valence-corrected chi connectivity index (χ0v) is 18.1. The Bertz CT molecular complexity index is 1460. The van der Waals surface area contributed by atoms with E-state index in [0.29, 0.717) is 42.6 Å². The summed E-state index contributed by atoms with van der Waals surface area (Å²) >= 11 is 0. The molecule has 0 bridgehead atoms. The number of morpholine rings is 1. The minimum atomic E-state index is 0.465. The van der Waals surface area contributed by atoms with E-state index in [1.54, 1.807) is 0 Å². The van der Waals surface area contributed by atoms with Gasteiger partial charge in [0, 0.05) is 54.0 Å². The molecule has 10 nitrogen and oxygen atoms in total. The molecule has 1 fully saturated rings. The van der Waals surface area contributed by atoms with Crippen LogP contribution >= 0.6 is 0 Å². The summed E-state index contributed by atoms with van der Waals surface area (Å²) < 4.78 is 12.6. The van der Waals surface area contributed by atoms with Crippen molar-refractivity contribution < 1.29 is 9.26 Å². The molecule has 1 aliphatic heterocycles. The minimum absolute atomic E-state index is 0.465. The Hall–Kier alpha value is -4.05. The monoisotopic (exact) mass is 442 g/mol. The van der Waals surface area contributed by atoms with Gasteiger partial charge in [-0.1, -0.05) is 23.4 Å². The van der Waals surface area contributed by atoms with Crippen LogP contribution in [0.4, 0.5) is 11.6 Å². The summed E-state index contributed by atoms with van der Waals surface area (Å²) in [7, 11) is 0. The van der Waals surface area contributed by atoms with Gasteiger partial charge in [0.2, 0.25) is 0 Å². The maximum atomic E-state index is 5.53. The number of para-hydroxylation sites is 1. The molecule has 1 saturated heterocycles. The molecule has 0 amide bonds. The number of ether oxygens (including phenoxy) is 1. The van der Waals surface area contributed by atoms with E-state index in [1.807, 2.05) is 54.0 Å². The Morgan fingerprint density at radius 3 is 2.82 bits per heavy atom. The number of H-pyrrole nitrogens is 1. The van der Waals surface area contributed by atoms with Crippen LogP contribution in [0.5, 0.6) is 0 Å². The van der Waals surface area contributed by atoms with E-state index in [4.69, 9.17) is 14.4 Å². The van der Waals surface area contributed by atoms with Crippen molar-refractivity contribution in [1.82, 2.24) is 24.7 Å². The smallest absolute Gasteiger partial charge is 0.179 e. The number of aromatic nitrogens is 5.